The van der Waals surface area contributed by atoms with Crippen LogP contribution in [0.4, 0.5) is 11.6 Å². The highest BCUT2D eigenvalue weighted by atomic mass is 16.5. The lowest BCUT2D eigenvalue weighted by Gasteiger charge is -2.11. The molecular weight excluding hydrogens is 332 g/mol. The van der Waals surface area contributed by atoms with Crippen LogP contribution in [0, 0.1) is 5.92 Å². The second-order valence-electron chi connectivity index (χ2n) is 6.09. The van der Waals surface area contributed by atoms with Crippen molar-refractivity contribution in [2.24, 2.45) is 5.92 Å². The van der Waals surface area contributed by atoms with Crippen molar-refractivity contribution in [1.82, 2.24) is 9.97 Å². The Morgan fingerprint density at radius 3 is 2.69 bits per heavy atom. The van der Waals surface area contributed by atoms with E-state index in [-0.39, 0.29) is 12.3 Å². The maximum Gasteiger partial charge on any atom is 0.340 e. The Bertz CT molecular complexity index is 762. The molecule has 0 aliphatic carbocycles. The number of carbonyl (C=O) groups is 2. The van der Waals surface area contributed by atoms with Crippen LogP contribution in [0.3, 0.4) is 0 Å². The SMILES string of the molecule is CCOC(=O)c1ccccc1NC(=O)c1ccnc(NCCC(C)C)n1. The molecule has 0 aliphatic rings. The van der Waals surface area contributed by atoms with Crippen molar-refractivity contribution in [3.05, 3.63) is 47.8 Å². The average molecular weight is 356 g/mol. The van der Waals surface area contributed by atoms with Crippen molar-refractivity contribution in [2.45, 2.75) is 27.2 Å². The van der Waals surface area contributed by atoms with Gasteiger partial charge in [-0.2, -0.15) is 0 Å². The Labute approximate surface area is 153 Å². The molecule has 0 saturated carbocycles. The van der Waals surface area contributed by atoms with E-state index in [1.165, 1.54) is 12.3 Å². The number of nitrogens with one attached hydrogen (secondary N) is 2. The van der Waals surface area contributed by atoms with Gasteiger partial charge >= 0.3 is 5.97 Å². The third kappa shape index (κ3) is 5.54. The fourth-order valence-electron chi connectivity index (χ4n) is 2.21. The number of hydrogen-bond donors (Lipinski definition) is 2. The lowest BCUT2D eigenvalue weighted by atomic mass is 10.1. The maximum atomic E-state index is 12.5. The van der Waals surface area contributed by atoms with Gasteiger partial charge < -0.3 is 15.4 Å². The van der Waals surface area contributed by atoms with E-state index in [4.69, 9.17) is 4.74 Å². The predicted molar refractivity (Wildman–Crippen MR) is 100 cm³/mol. The number of para-hydroxylation sites is 1. The minimum atomic E-state index is -0.484. The number of amides is 1. The van der Waals surface area contributed by atoms with Crippen LogP contribution in [0.25, 0.3) is 0 Å². The van der Waals surface area contributed by atoms with Crippen LogP contribution in [0.1, 0.15) is 48.0 Å². The monoisotopic (exact) mass is 356 g/mol. The van der Waals surface area contributed by atoms with Gasteiger partial charge in [0.05, 0.1) is 17.9 Å². The van der Waals surface area contributed by atoms with Crippen molar-refractivity contribution in [1.29, 1.82) is 0 Å². The first-order valence-corrected chi connectivity index (χ1v) is 8.65. The Hall–Kier alpha value is -2.96. The quantitative estimate of drug-likeness (QED) is 0.705. The molecule has 0 aliphatic heterocycles. The van der Waals surface area contributed by atoms with Crippen LogP contribution in [-0.4, -0.2) is 35.0 Å². The summed E-state index contributed by atoms with van der Waals surface area (Å²) in [6.07, 6.45) is 2.50. The minimum Gasteiger partial charge on any atom is -0.462 e. The lowest BCUT2D eigenvalue weighted by Crippen LogP contribution is -2.18. The summed E-state index contributed by atoms with van der Waals surface area (Å²) in [5, 5.41) is 5.81. The lowest BCUT2D eigenvalue weighted by molar-refractivity contribution is 0.0527. The molecular formula is C19H24N4O3. The van der Waals surface area contributed by atoms with Crippen molar-refractivity contribution in [3.8, 4) is 0 Å². The smallest absolute Gasteiger partial charge is 0.340 e. The second-order valence-corrected chi connectivity index (χ2v) is 6.09. The number of aromatic nitrogens is 2. The molecule has 0 radical (unpaired) electrons. The Kier molecular flexibility index (Phi) is 7.08. The molecule has 1 heterocycles. The molecule has 1 amide bonds. The third-order valence-electron chi connectivity index (χ3n) is 3.56. The normalized spacial score (nSPS) is 10.5. The van der Waals surface area contributed by atoms with Crippen LogP contribution in [-0.2, 0) is 4.74 Å². The van der Waals surface area contributed by atoms with E-state index in [9.17, 15) is 9.59 Å². The van der Waals surface area contributed by atoms with Crippen molar-refractivity contribution in [2.75, 3.05) is 23.8 Å². The van der Waals surface area contributed by atoms with Crippen molar-refractivity contribution in [3.63, 3.8) is 0 Å². The van der Waals surface area contributed by atoms with Gasteiger partial charge in [-0.15, -0.1) is 0 Å². The summed E-state index contributed by atoms with van der Waals surface area (Å²) in [6.45, 7) is 6.99. The molecule has 2 N–H and O–H groups in total. The second kappa shape index (κ2) is 9.50. The van der Waals surface area contributed by atoms with Gasteiger partial charge in [0.15, 0.2) is 0 Å². The molecule has 138 valence electrons. The highest BCUT2D eigenvalue weighted by molar-refractivity contribution is 6.07. The van der Waals surface area contributed by atoms with E-state index >= 15 is 0 Å². The number of hydrogen-bond acceptors (Lipinski definition) is 6. The number of rotatable bonds is 8. The number of carbonyl (C=O) groups excluding carboxylic acids is 2. The maximum absolute atomic E-state index is 12.5. The summed E-state index contributed by atoms with van der Waals surface area (Å²) in [6, 6.07) is 8.22. The Balaban J connectivity index is 2.10. The summed E-state index contributed by atoms with van der Waals surface area (Å²) in [4.78, 5) is 32.8. The van der Waals surface area contributed by atoms with Crippen LogP contribution in [0.5, 0.6) is 0 Å². The molecule has 2 aromatic rings. The van der Waals surface area contributed by atoms with E-state index in [1.54, 1.807) is 31.2 Å². The Morgan fingerprint density at radius 1 is 1.19 bits per heavy atom. The first-order valence-electron chi connectivity index (χ1n) is 8.65. The zero-order valence-electron chi connectivity index (χ0n) is 15.3. The standard InChI is InChI=1S/C19H24N4O3/c1-4-26-18(25)14-7-5-6-8-15(14)22-17(24)16-10-12-21-19(23-16)20-11-9-13(2)3/h5-8,10,12-13H,4,9,11H2,1-3H3,(H,22,24)(H,20,21,23). The van der Waals surface area contributed by atoms with Gasteiger partial charge in [-0.3, -0.25) is 4.79 Å². The summed E-state index contributed by atoms with van der Waals surface area (Å²) in [5.74, 6) is 0.0588. The molecule has 7 heteroatoms. The first-order chi connectivity index (χ1) is 12.5. The first kappa shape index (κ1) is 19.4. The molecule has 26 heavy (non-hydrogen) atoms. The van der Waals surface area contributed by atoms with Gasteiger partial charge in [0, 0.05) is 12.7 Å². The van der Waals surface area contributed by atoms with E-state index in [0.717, 1.165) is 13.0 Å². The number of nitrogens with zero attached hydrogens (tertiary/aromatic N) is 2. The van der Waals surface area contributed by atoms with E-state index < -0.39 is 11.9 Å². The van der Waals surface area contributed by atoms with Crippen molar-refractivity contribution >= 4 is 23.5 Å². The fourth-order valence-corrected chi connectivity index (χ4v) is 2.21. The van der Waals surface area contributed by atoms with E-state index in [2.05, 4.69) is 34.4 Å². The minimum absolute atomic E-state index is 0.214. The zero-order chi connectivity index (χ0) is 18.9. The van der Waals surface area contributed by atoms with Crippen LogP contribution in [0.2, 0.25) is 0 Å². The summed E-state index contributed by atoms with van der Waals surface area (Å²) >= 11 is 0. The molecule has 0 fully saturated rings. The molecule has 2 rings (SSSR count). The van der Waals surface area contributed by atoms with Gasteiger partial charge in [-0.05, 0) is 37.5 Å². The van der Waals surface area contributed by atoms with Gasteiger partial charge in [0.25, 0.3) is 5.91 Å². The average Bonchev–Trinajstić information content (AvgIpc) is 2.62. The fraction of sp³-hybridized carbons (Fsp3) is 0.368. The summed E-state index contributed by atoms with van der Waals surface area (Å²) in [5.41, 5.74) is 0.890. The van der Waals surface area contributed by atoms with Crippen LogP contribution >= 0.6 is 0 Å². The highest BCUT2D eigenvalue weighted by Gasteiger charge is 2.16. The van der Waals surface area contributed by atoms with E-state index in [0.29, 0.717) is 23.1 Å². The Morgan fingerprint density at radius 2 is 1.96 bits per heavy atom. The van der Waals surface area contributed by atoms with Gasteiger partial charge in [0.2, 0.25) is 5.95 Å². The molecule has 1 aromatic heterocycles. The van der Waals surface area contributed by atoms with Gasteiger partial charge in [-0.1, -0.05) is 26.0 Å². The zero-order valence-corrected chi connectivity index (χ0v) is 15.3. The molecule has 0 unspecified atom stereocenters. The molecule has 0 bridgehead atoms. The number of ether oxygens (including phenoxy) is 1. The predicted octanol–water partition coefficient (Wildman–Crippen LogP) is 3.36. The molecule has 1 aromatic carbocycles. The number of esters is 1. The van der Waals surface area contributed by atoms with Gasteiger partial charge in [-0.25, -0.2) is 14.8 Å². The van der Waals surface area contributed by atoms with Crippen LogP contribution < -0.4 is 10.6 Å². The van der Waals surface area contributed by atoms with Gasteiger partial charge in [0.1, 0.15) is 5.69 Å². The third-order valence-corrected chi connectivity index (χ3v) is 3.56. The number of anilines is 2. The largest absolute Gasteiger partial charge is 0.462 e. The topological polar surface area (TPSA) is 93.2 Å². The van der Waals surface area contributed by atoms with Crippen molar-refractivity contribution < 1.29 is 14.3 Å². The molecule has 0 saturated heterocycles. The molecule has 7 nitrogen and oxygen atoms in total. The van der Waals surface area contributed by atoms with Crippen LogP contribution in [0.15, 0.2) is 36.5 Å². The summed E-state index contributed by atoms with van der Waals surface area (Å²) < 4.78 is 5.01. The molecule has 0 spiro atoms. The van der Waals surface area contributed by atoms with E-state index in [1.807, 2.05) is 0 Å². The molecule has 0 atom stereocenters. The number of benzene rings is 1. The highest BCUT2D eigenvalue weighted by Crippen LogP contribution is 2.17. The summed E-state index contributed by atoms with van der Waals surface area (Å²) in [7, 11) is 0.